The molecule has 2 aliphatic rings. The van der Waals surface area contributed by atoms with Gasteiger partial charge >= 0.3 is 0 Å². The maximum Gasteiger partial charge on any atom is 0.256 e. The van der Waals surface area contributed by atoms with Crippen LogP contribution in [0.15, 0.2) is 53.4 Å². The molecule has 146 valence electrons. The minimum Gasteiger partial charge on any atom is -0.493 e. The molecule has 2 unspecified atom stereocenters. The van der Waals surface area contributed by atoms with E-state index in [1.165, 1.54) is 6.08 Å². The van der Waals surface area contributed by atoms with Crippen LogP contribution in [0.4, 0.5) is 0 Å². The number of allylic oxidation sites excluding steroid dienone is 1. The van der Waals surface area contributed by atoms with Crippen LogP contribution in [-0.4, -0.2) is 26.9 Å². The van der Waals surface area contributed by atoms with Crippen LogP contribution in [0.2, 0.25) is 0 Å². The molecule has 8 heteroatoms. The van der Waals surface area contributed by atoms with Gasteiger partial charge in [-0.1, -0.05) is 24.3 Å². The van der Waals surface area contributed by atoms with E-state index in [0.29, 0.717) is 35.3 Å². The number of aromatic nitrogens is 2. The summed E-state index contributed by atoms with van der Waals surface area (Å²) in [5.74, 6) is 1.19. The molecule has 0 bridgehead atoms. The highest BCUT2D eigenvalue weighted by Crippen LogP contribution is 2.42. The molecular weight excluding hydrogens is 390 g/mol. The lowest BCUT2D eigenvalue weighted by Gasteiger charge is -2.26. The highest BCUT2D eigenvalue weighted by atomic mass is 32.2. The van der Waals surface area contributed by atoms with Gasteiger partial charge in [0.2, 0.25) is 5.88 Å². The Morgan fingerprint density at radius 2 is 2.00 bits per heavy atom. The van der Waals surface area contributed by atoms with Gasteiger partial charge < -0.3 is 9.47 Å². The van der Waals surface area contributed by atoms with E-state index in [1.54, 1.807) is 6.07 Å². The number of aryl methyl sites for hydroxylation is 1. The van der Waals surface area contributed by atoms with E-state index in [1.807, 2.05) is 43.3 Å². The summed E-state index contributed by atoms with van der Waals surface area (Å²) in [4.78, 5) is 12.1. The molecule has 0 spiro atoms. The molecule has 1 aromatic heterocycles. The number of carbonyl (C=O) groups excluding carboxylic acids is 1. The topological polar surface area (TPSA) is 90.4 Å². The van der Waals surface area contributed by atoms with Crippen molar-refractivity contribution in [2.45, 2.75) is 19.3 Å². The average molecular weight is 407 g/mol. The van der Waals surface area contributed by atoms with Gasteiger partial charge in [0.15, 0.2) is 0 Å². The van der Waals surface area contributed by atoms with Gasteiger partial charge in [0.1, 0.15) is 22.5 Å². The van der Waals surface area contributed by atoms with Crippen LogP contribution in [0.5, 0.6) is 17.4 Å². The number of benzene rings is 2. The molecule has 2 aliphatic heterocycles. The van der Waals surface area contributed by atoms with Crippen LogP contribution in [0.25, 0.3) is 10.8 Å². The van der Waals surface area contributed by atoms with Crippen LogP contribution in [-0.2, 0) is 15.8 Å². The highest BCUT2D eigenvalue weighted by Gasteiger charge is 2.32. The number of fused-ring (bicyclic) bond motifs is 2. The van der Waals surface area contributed by atoms with Gasteiger partial charge in [-0.3, -0.25) is 9.52 Å². The van der Waals surface area contributed by atoms with Gasteiger partial charge in [-0.2, -0.15) is 5.10 Å². The molecule has 0 aliphatic carbocycles. The van der Waals surface area contributed by atoms with E-state index < -0.39 is 11.0 Å². The molecule has 0 saturated carbocycles. The first-order chi connectivity index (χ1) is 14.1. The molecule has 7 nitrogen and oxygen atoms in total. The van der Waals surface area contributed by atoms with Crippen molar-refractivity contribution in [2.75, 3.05) is 6.61 Å². The second-order valence-electron chi connectivity index (χ2n) is 6.91. The van der Waals surface area contributed by atoms with Crippen LogP contribution >= 0.6 is 0 Å². The maximum atomic E-state index is 12.2. The number of rotatable bonds is 3. The Labute approximate surface area is 169 Å². The van der Waals surface area contributed by atoms with Gasteiger partial charge in [-0.25, -0.2) is 4.21 Å². The Hall–Kier alpha value is -3.26. The number of ether oxygens (including phenoxy) is 2. The third-order valence-corrected chi connectivity index (χ3v) is 6.32. The number of amides is 1. The number of carbonyl (C=O) groups is 1. The highest BCUT2D eigenvalue weighted by molar-refractivity contribution is 7.88. The van der Waals surface area contributed by atoms with Crippen molar-refractivity contribution in [3.8, 4) is 17.4 Å². The van der Waals surface area contributed by atoms with Crippen molar-refractivity contribution >= 4 is 27.7 Å². The predicted molar refractivity (Wildman–Crippen MR) is 108 cm³/mol. The summed E-state index contributed by atoms with van der Waals surface area (Å²) in [5.41, 5.74) is 1.73. The fourth-order valence-corrected chi connectivity index (χ4v) is 4.80. The lowest BCUT2D eigenvalue weighted by molar-refractivity contribution is -0.114. The third kappa shape index (κ3) is 3.15. The molecule has 2 aromatic carbocycles. The summed E-state index contributed by atoms with van der Waals surface area (Å²) >= 11 is 0. The van der Waals surface area contributed by atoms with Crippen molar-refractivity contribution in [3.63, 3.8) is 0 Å². The van der Waals surface area contributed by atoms with E-state index in [-0.39, 0.29) is 11.8 Å². The number of nitrogens with one attached hydrogen (secondary N) is 1. The van der Waals surface area contributed by atoms with Crippen molar-refractivity contribution < 1.29 is 18.5 Å². The molecule has 1 N–H and O–H groups in total. The monoisotopic (exact) mass is 407 g/mol. The summed E-state index contributed by atoms with van der Waals surface area (Å²) in [6.07, 6.45) is 2.09. The average Bonchev–Trinajstić information content (AvgIpc) is 3.07. The maximum absolute atomic E-state index is 12.2. The van der Waals surface area contributed by atoms with Gasteiger partial charge in [0.05, 0.1) is 17.2 Å². The Bertz CT molecular complexity index is 1210. The second kappa shape index (κ2) is 6.97. The Kier molecular flexibility index (Phi) is 4.28. The molecule has 1 amide bonds. The van der Waals surface area contributed by atoms with E-state index in [0.717, 1.165) is 22.0 Å². The normalized spacial score (nSPS) is 20.6. The Balaban J connectivity index is 1.49. The lowest BCUT2D eigenvalue weighted by Crippen LogP contribution is -2.21. The summed E-state index contributed by atoms with van der Waals surface area (Å²) in [7, 11) is -1.49. The number of nitrogens with zero attached hydrogens (tertiary/aromatic N) is 2. The molecule has 0 radical (unpaired) electrons. The van der Waals surface area contributed by atoms with Crippen molar-refractivity contribution in [1.29, 1.82) is 0 Å². The zero-order valence-electron chi connectivity index (χ0n) is 15.5. The van der Waals surface area contributed by atoms with Crippen LogP contribution in [0, 0.1) is 6.92 Å². The standard InChI is InChI=1S/C21H17N3O4S/c1-12-14-4-2-3-5-17(14)21(23-22-12)28-13-6-7-15-16(8-9-27-18(15)10-13)19-11-20(25)24-29(19)26/h2-7,10-11,16H,8-9H2,1H3,(H,24,25). The molecule has 29 heavy (non-hydrogen) atoms. The van der Waals surface area contributed by atoms with Gasteiger partial charge in [-0.15, -0.1) is 5.10 Å². The van der Waals surface area contributed by atoms with E-state index in [4.69, 9.17) is 9.47 Å². The van der Waals surface area contributed by atoms with Crippen LogP contribution in [0.1, 0.15) is 23.6 Å². The van der Waals surface area contributed by atoms with E-state index in [2.05, 4.69) is 14.9 Å². The van der Waals surface area contributed by atoms with Crippen molar-refractivity contribution in [1.82, 2.24) is 14.9 Å². The molecule has 0 saturated heterocycles. The van der Waals surface area contributed by atoms with Gasteiger partial charge in [0, 0.05) is 34.4 Å². The Morgan fingerprint density at radius 1 is 1.17 bits per heavy atom. The SMILES string of the molecule is Cc1nnc(Oc2ccc3c(c2)OCCC3C2=CC(=O)NS2=O)c2ccccc12. The Morgan fingerprint density at radius 3 is 2.79 bits per heavy atom. The summed E-state index contributed by atoms with van der Waals surface area (Å²) in [6.45, 7) is 2.38. The molecule has 5 rings (SSSR count). The summed E-state index contributed by atoms with van der Waals surface area (Å²) in [6, 6.07) is 13.3. The van der Waals surface area contributed by atoms with E-state index in [9.17, 15) is 9.00 Å². The minimum absolute atomic E-state index is 0.132. The fraction of sp³-hybridized carbons (Fsp3) is 0.190. The van der Waals surface area contributed by atoms with Gasteiger partial charge in [-0.05, 0) is 25.5 Å². The number of hydrogen-bond donors (Lipinski definition) is 1. The van der Waals surface area contributed by atoms with E-state index >= 15 is 0 Å². The summed E-state index contributed by atoms with van der Waals surface area (Å²) in [5, 5.41) is 10.3. The third-order valence-electron chi connectivity index (χ3n) is 5.10. The quantitative estimate of drug-likeness (QED) is 0.717. The molecule has 2 atom stereocenters. The molecular formula is C21H17N3O4S. The molecule has 3 heterocycles. The zero-order chi connectivity index (χ0) is 20.0. The predicted octanol–water partition coefficient (Wildman–Crippen LogP) is 3.27. The lowest BCUT2D eigenvalue weighted by atomic mass is 9.92. The first-order valence-electron chi connectivity index (χ1n) is 9.21. The van der Waals surface area contributed by atoms with Crippen LogP contribution in [0.3, 0.4) is 0 Å². The first kappa shape index (κ1) is 17.8. The van der Waals surface area contributed by atoms with Crippen LogP contribution < -0.4 is 14.2 Å². The zero-order valence-corrected chi connectivity index (χ0v) is 16.4. The van der Waals surface area contributed by atoms with Crippen molar-refractivity contribution in [3.05, 3.63) is 64.7 Å². The number of hydrogen-bond acceptors (Lipinski definition) is 6. The van der Waals surface area contributed by atoms with Crippen molar-refractivity contribution in [2.24, 2.45) is 0 Å². The summed E-state index contributed by atoms with van der Waals surface area (Å²) < 4.78 is 26.4. The smallest absolute Gasteiger partial charge is 0.256 e. The second-order valence-corrected chi connectivity index (χ2v) is 8.12. The first-order valence-corrected chi connectivity index (χ1v) is 10.4. The van der Waals surface area contributed by atoms with Gasteiger partial charge in [0.25, 0.3) is 5.91 Å². The molecule has 0 fully saturated rings. The fourth-order valence-electron chi connectivity index (χ4n) is 3.72. The molecule has 3 aromatic rings. The largest absolute Gasteiger partial charge is 0.493 e. The minimum atomic E-state index is -1.49.